The zero-order valence-corrected chi connectivity index (χ0v) is 22.8. The van der Waals surface area contributed by atoms with Gasteiger partial charge in [-0.1, -0.05) is 39.8 Å². The highest BCUT2D eigenvalue weighted by Gasteiger charge is 2.09. The molecule has 0 unspecified atom stereocenters. The summed E-state index contributed by atoms with van der Waals surface area (Å²) in [6, 6.07) is 15.7. The summed E-state index contributed by atoms with van der Waals surface area (Å²) >= 11 is 1.69. The van der Waals surface area contributed by atoms with Gasteiger partial charge in [0.15, 0.2) is 16.5 Å². The molecule has 0 aliphatic rings. The number of Topliss-reactive ketones (excluding diaryl/α,β-unsaturated/α-hetero) is 2. The van der Waals surface area contributed by atoms with E-state index in [1.165, 1.54) is 9.79 Å². The summed E-state index contributed by atoms with van der Waals surface area (Å²) in [6.07, 6.45) is 7.55. The number of nitrogens with one attached hydrogen (secondary N) is 1. The number of benzene rings is 2. The fraction of sp³-hybridized carbons (Fsp3) is 0.462. The van der Waals surface area contributed by atoms with Gasteiger partial charge in [0.25, 0.3) is 0 Å². The van der Waals surface area contributed by atoms with Gasteiger partial charge in [-0.3, -0.25) is 9.59 Å². The van der Waals surface area contributed by atoms with Crippen LogP contribution in [0.5, 0.6) is 0 Å². The molecule has 0 saturated heterocycles. The van der Waals surface area contributed by atoms with Crippen molar-refractivity contribution in [3.8, 4) is 0 Å². The summed E-state index contributed by atoms with van der Waals surface area (Å²) in [5, 5.41) is 2.93. The fourth-order valence-electron chi connectivity index (χ4n) is 2.10. The van der Waals surface area contributed by atoms with Gasteiger partial charge >= 0.3 is 0 Å². The molecule has 0 heterocycles. The second-order valence-corrected chi connectivity index (χ2v) is 9.72. The lowest BCUT2D eigenvalue weighted by Gasteiger charge is -1.98. The number of carbonyl (C=O) groups is 2. The highest BCUT2D eigenvalue weighted by atomic mass is 32.2. The molecule has 2 aromatic carbocycles. The van der Waals surface area contributed by atoms with Gasteiger partial charge in [0.1, 0.15) is 12.5 Å². The minimum Gasteiger partial charge on any atom is -0.331 e. The first kappa shape index (κ1) is 32.6. The van der Waals surface area contributed by atoms with E-state index in [0.717, 1.165) is 24.2 Å². The van der Waals surface area contributed by atoms with E-state index in [4.69, 9.17) is 5.73 Å². The Morgan fingerprint density at radius 1 is 0.844 bits per heavy atom. The Morgan fingerprint density at radius 3 is 1.44 bits per heavy atom. The quantitative estimate of drug-likeness (QED) is 0.302. The lowest BCUT2D eigenvalue weighted by atomic mass is 10.1. The van der Waals surface area contributed by atoms with Crippen LogP contribution in [0.1, 0.15) is 61.3 Å². The predicted molar refractivity (Wildman–Crippen MR) is 146 cm³/mol. The Bertz CT molecular complexity index is 728. The maximum absolute atomic E-state index is 11.3. The first-order chi connectivity index (χ1) is 15.2. The highest BCUT2D eigenvalue weighted by Crippen LogP contribution is 2.15. The van der Waals surface area contributed by atoms with E-state index < -0.39 is 0 Å². The van der Waals surface area contributed by atoms with Gasteiger partial charge < -0.3 is 11.1 Å². The zero-order valence-electron chi connectivity index (χ0n) is 21.2. The van der Waals surface area contributed by atoms with E-state index in [9.17, 15) is 9.59 Å². The van der Waals surface area contributed by atoms with Crippen molar-refractivity contribution in [1.29, 1.82) is 0 Å². The van der Waals surface area contributed by atoms with Crippen molar-refractivity contribution < 1.29 is 9.59 Å². The fourth-order valence-corrected chi connectivity index (χ4v) is 3.19. The molecular weight excluding hydrogens is 436 g/mol. The number of thioether (sulfide) groups is 1. The molecule has 0 atom stereocenters. The summed E-state index contributed by atoms with van der Waals surface area (Å²) in [5.41, 5.74) is 6.49. The van der Waals surface area contributed by atoms with Crippen LogP contribution in [0, 0.1) is 0 Å². The van der Waals surface area contributed by atoms with Crippen LogP contribution in [0.2, 0.25) is 0 Å². The summed E-state index contributed by atoms with van der Waals surface area (Å²) in [5.74, 6) is 0.432. The molecule has 0 aromatic heterocycles. The van der Waals surface area contributed by atoms with Crippen LogP contribution in [-0.2, 0) is 10.9 Å². The van der Waals surface area contributed by atoms with Gasteiger partial charge in [0.05, 0.1) is 0 Å². The third kappa shape index (κ3) is 15.2. The summed E-state index contributed by atoms with van der Waals surface area (Å²) in [4.78, 5) is 25.0. The number of rotatable bonds is 7. The SMILES string of the molecule is CCC(=O)c1ccc(SC)cc1.CCC(=O)c1ccc([S+](C)C)cc1.CCN.CCNC. The van der Waals surface area contributed by atoms with Crippen molar-refractivity contribution in [2.45, 2.75) is 50.3 Å². The first-order valence-corrected chi connectivity index (χ1v) is 14.2. The van der Waals surface area contributed by atoms with Gasteiger partial charge in [0.2, 0.25) is 0 Å². The third-order valence-electron chi connectivity index (χ3n) is 4.06. The van der Waals surface area contributed by atoms with E-state index >= 15 is 0 Å². The Labute approximate surface area is 203 Å². The van der Waals surface area contributed by atoms with Gasteiger partial charge in [-0.25, -0.2) is 0 Å². The third-order valence-corrected chi connectivity index (χ3v) is 6.01. The summed E-state index contributed by atoms with van der Waals surface area (Å²) in [6.45, 7) is 9.56. The molecule has 0 aliphatic carbocycles. The lowest BCUT2D eigenvalue weighted by molar-refractivity contribution is 0.0980. The molecule has 0 spiro atoms. The van der Waals surface area contributed by atoms with Crippen LogP contribution in [-0.4, -0.2) is 50.5 Å². The van der Waals surface area contributed by atoms with Crippen LogP contribution >= 0.6 is 11.8 Å². The molecule has 4 nitrogen and oxygen atoms in total. The lowest BCUT2D eigenvalue weighted by Crippen LogP contribution is -2.01. The van der Waals surface area contributed by atoms with Gasteiger partial charge in [0, 0.05) is 39.8 Å². The molecule has 2 aromatic rings. The second-order valence-electron chi connectivity index (χ2n) is 6.74. The molecule has 32 heavy (non-hydrogen) atoms. The van der Waals surface area contributed by atoms with Crippen LogP contribution in [0.25, 0.3) is 0 Å². The average Bonchev–Trinajstić information content (AvgIpc) is 2.84. The van der Waals surface area contributed by atoms with Crippen molar-refractivity contribution in [2.24, 2.45) is 5.73 Å². The molecule has 0 aliphatic heterocycles. The highest BCUT2D eigenvalue weighted by molar-refractivity contribution is 7.98. The van der Waals surface area contributed by atoms with E-state index in [1.54, 1.807) is 11.8 Å². The normalized spacial score (nSPS) is 9.44. The minimum absolute atomic E-state index is 0.211. The van der Waals surface area contributed by atoms with Crippen molar-refractivity contribution >= 4 is 34.2 Å². The molecule has 3 N–H and O–H groups in total. The second kappa shape index (κ2) is 21.3. The molecule has 0 fully saturated rings. The molecule has 0 amide bonds. The average molecular weight is 480 g/mol. The molecule has 0 radical (unpaired) electrons. The summed E-state index contributed by atoms with van der Waals surface area (Å²) in [7, 11) is 2.22. The molecular formula is C26H43N2O2S2+. The molecule has 180 valence electrons. The molecule has 0 saturated carbocycles. The van der Waals surface area contributed by atoms with Crippen LogP contribution < -0.4 is 11.1 Å². The van der Waals surface area contributed by atoms with Crippen molar-refractivity contribution in [1.82, 2.24) is 5.32 Å². The Kier molecular flexibility index (Phi) is 21.6. The number of hydrogen-bond acceptors (Lipinski definition) is 5. The van der Waals surface area contributed by atoms with Crippen LogP contribution in [0.15, 0.2) is 58.3 Å². The van der Waals surface area contributed by atoms with Gasteiger partial charge in [-0.05, 0) is 62.8 Å². The molecule has 2 rings (SSSR count). The number of carbonyl (C=O) groups excluding carboxylic acids is 2. The zero-order chi connectivity index (χ0) is 24.9. The predicted octanol–water partition coefficient (Wildman–Crippen LogP) is 5.71. The Hall–Kier alpha value is -1.60. The van der Waals surface area contributed by atoms with E-state index in [-0.39, 0.29) is 22.5 Å². The smallest absolute Gasteiger partial charge is 0.162 e. The first-order valence-electron chi connectivity index (χ1n) is 11.0. The topological polar surface area (TPSA) is 72.2 Å². The van der Waals surface area contributed by atoms with Crippen molar-refractivity contribution in [3.05, 3.63) is 59.7 Å². The van der Waals surface area contributed by atoms with Crippen molar-refractivity contribution in [3.63, 3.8) is 0 Å². The van der Waals surface area contributed by atoms with E-state index in [0.29, 0.717) is 12.8 Å². The Balaban J connectivity index is 0. The van der Waals surface area contributed by atoms with E-state index in [2.05, 4.69) is 24.8 Å². The van der Waals surface area contributed by atoms with Gasteiger partial charge in [-0.2, -0.15) is 0 Å². The van der Waals surface area contributed by atoms with Gasteiger partial charge in [-0.15, -0.1) is 11.8 Å². The largest absolute Gasteiger partial charge is 0.331 e. The number of nitrogens with two attached hydrogens (primary N) is 1. The van der Waals surface area contributed by atoms with E-state index in [1.807, 2.05) is 82.6 Å². The minimum atomic E-state index is 0.211. The molecule has 6 heteroatoms. The number of hydrogen-bond donors (Lipinski definition) is 2. The van der Waals surface area contributed by atoms with Crippen molar-refractivity contribution in [2.75, 3.05) is 38.9 Å². The maximum Gasteiger partial charge on any atom is 0.162 e. The maximum atomic E-state index is 11.3. The standard InChI is InChI=1S/C11H15OS.C10H12OS.C3H9N.C2H7N/c1-4-11(12)9-5-7-10(8-6-9)13(2)3;1-3-10(11)8-4-6-9(12-2)7-5-8;1-3-4-2;1-2-3/h5-8H,4H2,1-3H3;4-7H,3H2,1-2H3;4H,3H2,1-2H3;2-3H2,1H3/q+1;;;. The number of ketones is 2. The Morgan fingerprint density at radius 2 is 1.19 bits per heavy atom. The van der Waals surface area contributed by atoms with Crippen LogP contribution in [0.4, 0.5) is 0 Å². The monoisotopic (exact) mass is 479 g/mol. The van der Waals surface area contributed by atoms with Crippen LogP contribution in [0.3, 0.4) is 0 Å². The molecule has 0 bridgehead atoms. The summed E-state index contributed by atoms with van der Waals surface area (Å²) < 4.78 is 0.